The summed E-state index contributed by atoms with van der Waals surface area (Å²) < 4.78 is 7.51. The summed E-state index contributed by atoms with van der Waals surface area (Å²) in [4.78, 5) is 15.5. The first-order chi connectivity index (χ1) is 9.16. The zero-order valence-electron chi connectivity index (χ0n) is 10.3. The Balaban J connectivity index is 2.15. The van der Waals surface area contributed by atoms with Gasteiger partial charge in [-0.3, -0.25) is 0 Å². The predicted molar refractivity (Wildman–Crippen MR) is 69.2 cm³/mol. The van der Waals surface area contributed by atoms with Crippen LogP contribution in [0.15, 0.2) is 41.1 Å². The van der Waals surface area contributed by atoms with Gasteiger partial charge < -0.3 is 14.1 Å². The van der Waals surface area contributed by atoms with E-state index in [2.05, 4.69) is 4.98 Å². The molecule has 0 radical (unpaired) electrons. The molecular formula is C14H12N2O3. The molecule has 0 amide bonds. The van der Waals surface area contributed by atoms with Gasteiger partial charge in [-0.05, 0) is 13.0 Å². The Labute approximate surface area is 109 Å². The summed E-state index contributed by atoms with van der Waals surface area (Å²) in [7, 11) is 0. The first-order valence-corrected chi connectivity index (χ1v) is 5.88. The average molecular weight is 256 g/mol. The minimum absolute atomic E-state index is 0.226. The van der Waals surface area contributed by atoms with E-state index in [-0.39, 0.29) is 5.56 Å². The molecule has 0 aliphatic carbocycles. The van der Waals surface area contributed by atoms with Gasteiger partial charge in [0.25, 0.3) is 0 Å². The van der Waals surface area contributed by atoms with E-state index in [1.54, 1.807) is 30.6 Å². The standard InChI is InChI=1S/C14H12N2O3/c1-9-15-6-7-16(9)8-12-13(14(17)18)10-4-2-3-5-11(10)19-12/h2-7H,8H2,1H3,(H,17,18). The third-order valence-corrected chi connectivity index (χ3v) is 3.12. The Morgan fingerprint density at radius 2 is 2.21 bits per heavy atom. The van der Waals surface area contributed by atoms with E-state index in [1.165, 1.54) is 0 Å². The van der Waals surface area contributed by atoms with Crippen LogP contribution < -0.4 is 0 Å². The molecule has 0 unspecified atom stereocenters. The average Bonchev–Trinajstić information content (AvgIpc) is 2.93. The number of para-hydroxylation sites is 1. The predicted octanol–water partition coefficient (Wildman–Crippen LogP) is 2.68. The van der Waals surface area contributed by atoms with E-state index >= 15 is 0 Å². The Hall–Kier alpha value is -2.56. The lowest BCUT2D eigenvalue weighted by molar-refractivity contribution is 0.0696. The van der Waals surface area contributed by atoms with Crippen molar-refractivity contribution < 1.29 is 14.3 Å². The van der Waals surface area contributed by atoms with Crippen molar-refractivity contribution in [1.29, 1.82) is 0 Å². The molecule has 0 fully saturated rings. The second-order valence-electron chi connectivity index (χ2n) is 4.30. The van der Waals surface area contributed by atoms with Crippen LogP contribution in [-0.4, -0.2) is 20.6 Å². The Kier molecular flexibility index (Phi) is 2.59. The molecule has 2 aromatic heterocycles. The van der Waals surface area contributed by atoms with Gasteiger partial charge in [0.15, 0.2) is 0 Å². The molecule has 0 spiro atoms. The van der Waals surface area contributed by atoms with Gasteiger partial charge in [0, 0.05) is 17.8 Å². The number of benzene rings is 1. The molecule has 2 heterocycles. The number of imidazole rings is 1. The quantitative estimate of drug-likeness (QED) is 0.782. The topological polar surface area (TPSA) is 68.3 Å². The molecule has 19 heavy (non-hydrogen) atoms. The highest BCUT2D eigenvalue weighted by molar-refractivity contribution is 6.03. The smallest absolute Gasteiger partial charge is 0.339 e. The second kappa shape index (κ2) is 4.28. The Morgan fingerprint density at radius 3 is 2.89 bits per heavy atom. The van der Waals surface area contributed by atoms with E-state index in [0.29, 0.717) is 23.3 Å². The molecule has 1 N–H and O–H groups in total. The molecule has 0 atom stereocenters. The Morgan fingerprint density at radius 1 is 1.42 bits per heavy atom. The summed E-state index contributed by atoms with van der Waals surface area (Å²) in [6.07, 6.45) is 3.48. The fraction of sp³-hybridized carbons (Fsp3) is 0.143. The number of fused-ring (bicyclic) bond motifs is 1. The molecule has 96 valence electrons. The maximum Gasteiger partial charge on any atom is 0.339 e. The van der Waals surface area contributed by atoms with Crippen LogP contribution >= 0.6 is 0 Å². The van der Waals surface area contributed by atoms with Crippen LogP contribution in [0, 0.1) is 6.92 Å². The number of furan rings is 1. The number of rotatable bonds is 3. The van der Waals surface area contributed by atoms with Gasteiger partial charge in [-0.15, -0.1) is 0 Å². The normalized spacial score (nSPS) is 11.0. The van der Waals surface area contributed by atoms with E-state index < -0.39 is 5.97 Å². The van der Waals surface area contributed by atoms with Gasteiger partial charge in [-0.25, -0.2) is 9.78 Å². The summed E-state index contributed by atoms with van der Waals surface area (Å²) in [5.41, 5.74) is 0.816. The first kappa shape index (κ1) is 11.5. The van der Waals surface area contributed by atoms with Crippen LogP contribution in [0.2, 0.25) is 0 Å². The van der Waals surface area contributed by atoms with Crippen LogP contribution in [0.4, 0.5) is 0 Å². The molecular weight excluding hydrogens is 244 g/mol. The summed E-state index contributed by atoms with van der Waals surface area (Å²) >= 11 is 0. The van der Waals surface area contributed by atoms with Gasteiger partial charge in [0.2, 0.25) is 0 Å². The molecule has 0 bridgehead atoms. The number of carboxylic acid groups (broad SMARTS) is 1. The van der Waals surface area contributed by atoms with E-state index in [0.717, 1.165) is 5.82 Å². The van der Waals surface area contributed by atoms with Crippen LogP contribution in [0.1, 0.15) is 21.9 Å². The fourth-order valence-corrected chi connectivity index (χ4v) is 2.17. The number of hydrogen-bond acceptors (Lipinski definition) is 3. The summed E-state index contributed by atoms with van der Waals surface area (Å²) in [5.74, 6) is 0.282. The van der Waals surface area contributed by atoms with Crippen molar-refractivity contribution in [2.75, 3.05) is 0 Å². The van der Waals surface area contributed by atoms with Crippen molar-refractivity contribution in [3.8, 4) is 0 Å². The zero-order chi connectivity index (χ0) is 13.4. The van der Waals surface area contributed by atoms with E-state index in [4.69, 9.17) is 4.42 Å². The Bertz CT molecular complexity index is 755. The molecule has 5 heteroatoms. The molecule has 0 saturated carbocycles. The second-order valence-corrected chi connectivity index (χ2v) is 4.30. The van der Waals surface area contributed by atoms with Crippen molar-refractivity contribution in [2.24, 2.45) is 0 Å². The fourth-order valence-electron chi connectivity index (χ4n) is 2.17. The first-order valence-electron chi connectivity index (χ1n) is 5.88. The molecule has 1 aromatic carbocycles. The molecule has 3 rings (SSSR count). The number of carbonyl (C=O) groups is 1. The molecule has 0 aliphatic heterocycles. The monoisotopic (exact) mass is 256 g/mol. The SMILES string of the molecule is Cc1nccn1Cc1oc2ccccc2c1C(=O)O. The maximum absolute atomic E-state index is 11.4. The van der Waals surface area contributed by atoms with Crippen molar-refractivity contribution in [3.05, 3.63) is 53.8 Å². The van der Waals surface area contributed by atoms with Crippen LogP contribution in [0.3, 0.4) is 0 Å². The molecule has 5 nitrogen and oxygen atoms in total. The summed E-state index contributed by atoms with van der Waals surface area (Å²) in [6, 6.07) is 7.15. The molecule has 3 aromatic rings. The van der Waals surface area contributed by atoms with Crippen LogP contribution in [-0.2, 0) is 6.54 Å². The van der Waals surface area contributed by atoms with E-state index in [1.807, 2.05) is 17.6 Å². The van der Waals surface area contributed by atoms with Gasteiger partial charge in [-0.1, -0.05) is 18.2 Å². The maximum atomic E-state index is 11.4. The lowest BCUT2D eigenvalue weighted by Gasteiger charge is -2.03. The van der Waals surface area contributed by atoms with Crippen LogP contribution in [0.5, 0.6) is 0 Å². The van der Waals surface area contributed by atoms with Gasteiger partial charge in [0.05, 0.1) is 6.54 Å². The number of hydrogen-bond donors (Lipinski definition) is 1. The van der Waals surface area contributed by atoms with Crippen molar-refractivity contribution in [1.82, 2.24) is 9.55 Å². The third kappa shape index (κ3) is 1.89. The van der Waals surface area contributed by atoms with Gasteiger partial charge in [-0.2, -0.15) is 0 Å². The van der Waals surface area contributed by atoms with Gasteiger partial charge >= 0.3 is 5.97 Å². The number of aryl methyl sites for hydroxylation is 1. The zero-order valence-corrected chi connectivity index (χ0v) is 10.3. The largest absolute Gasteiger partial charge is 0.478 e. The molecule has 0 aliphatic rings. The minimum Gasteiger partial charge on any atom is -0.478 e. The van der Waals surface area contributed by atoms with Crippen molar-refractivity contribution in [3.63, 3.8) is 0 Å². The number of aromatic carboxylic acids is 1. The molecule has 0 saturated heterocycles. The highest BCUT2D eigenvalue weighted by atomic mass is 16.4. The van der Waals surface area contributed by atoms with Crippen LogP contribution in [0.25, 0.3) is 11.0 Å². The van der Waals surface area contributed by atoms with E-state index in [9.17, 15) is 9.90 Å². The lowest BCUT2D eigenvalue weighted by Crippen LogP contribution is -2.05. The third-order valence-electron chi connectivity index (χ3n) is 3.12. The number of nitrogens with zero attached hydrogens (tertiary/aromatic N) is 2. The number of aromatic nitrogens is 2. The van der Waals surface area contributed by atoms with Crippen molar-refractivity contribution >= 4 is 16.9 Å². The van der Waals surface area contributed by atoms with Gasteiger partial charge in [0.1, 0.15) is 22.7 Å². The lowest BCUT2D eigenvalue weighted by atomic mass is 10.1. The minimum atomic E-state index is -0.974. The highest BCUT2D eigenvalue weighted by Gasteiger charge is 2.20. The van der Waals surface area contributed by atoms with Crippen molar-refractivity contribution in [2.45, 2.75) is 13.5 Å². The summed E-state index contributed by atoms with van der Waals surface area (Å²) in [6.45, 7) is 2.23. The summed E-state index contributed by atoms with van der Waals surface area (Å²) in [5, 5.41) is 9.99. The highest BCUT2D eigenvalue weighted by Crippen LogP contribution is 2.26. The number of carboxylic acids is 1.